The highest BCUT2D eigenvalue weighted by molar-refractivity contribution is 5.71. The lowest BCUT2D eigenvalue weighted by atomic mass is 10.0. The van der Waals surface area contributed by atoms with E-state index in [9.17, 15) is 19.5 Å². The number of aliphatic carboxylic acids is 1. The van der Waals surface area contributed by atoms with Crippen molar-refractivity contribution in [3.63, 3.8) is 0 Å². The number of ether oxygens (including phenoxy) is 4. The first-order valence-electron chi connectivity index (χ1n) is 46.2. The molecule has 0 aliphatic heterocycles. The first-order chi connectivity index (χ1) is 50.6. The molecule has 0 bridgehead atoms. The highest BCUT2D eigenvalue weighted by Crippen LogP contribution is 2.21. The van der Waals surface area contributed by atoms with Crippen molar-refractivity contribution in [3.8, 4) is 0 Å². The number of carboxylic acids is 1. The number of carbonyl (C=O) groups excluding carboxylic acids is 2. The van der Waals surface area contributed by atoms with E-state index in [0.29, 0.717) is 17.4 Å². The minimum Gasteiger partial charge on any atom is -0.477 e. The number of hydrogen-bond acceptors (Lipinski definition) is 7. The predicted molar refractivity (Wildman–Crippen MR) is 447 cm³/mol. The summed E-state index contributed by atoms with van der Waals surface area (Å²) in [6, 6.07) is 0. The molecule has 1 N–H and O–H groups in total. The van der Waals surface area contributed by atoms with Crippen molar-refractivity contribution < 1.29 is 42.9 Å². The van der Waals surface area contributed by atoms with Crippen molar-refractivity contribution in [3.05, 3.63) is 36.5 Å². The maximum Gasteiger partial charge on any atom is 0.361 e. The number of esters is 2. The predicted octanol–water partition coefficient (Wildman–Crippen LogP) is 30.2. The zero-order valence-corrected chi connectivity index (χ0v) is 70.0. The maximum atomic E-state index is 13.0. The molecule has 0 saturated carbocycles. The number of carbonyl (C=O) groups is 3. The van der Waals surface area contributed by atoms with Crippen LogP contribution in [0.25, 0.3) is 0 Å². The van der Waals surface area contributed by atoms with E-state index in [4.69, 9.17) is 18.9 Å². The highest BCUT2D eigenvalue weighted by Gasteiger charge is 2.25. The normalized spacial score (nSPS) is 12.7. The molecule has 0 aliphatic carbocycles. The van der Waals surface area contributed by atoms with Crippen LogP contribution in [-0.4, -0.2) is 87.4 Å². The minimum absolute atomic E-state index is 0.174. The Labute approximate surface area is 642 Å². The van der Waals surface area contributed by atoms with Gasteiger partial charge in [-0.1, -0.05) is 442 Å². The molecule has 9 nitrogen and oxygen atoms in total. The lowest BCUT2D eigenvalue weighted by Crippen LogP contribution is -2.40. The zero-order valence-electron chi connectivity index (χ0n) is 70.0. The van der Waals surface area contributed by atoms with E-state index in [0.717, 1.165) is 44.9 Å². The molecule has 608 valence electrons. The quantitative estimate of drug-likeness (QED) is 0.0211. The Morgan fingerprint density at radius 1 is 0.291 bits per heavy atom. The standard InChI is InChI=1S/C94H179NO8/c1-6-8-10-12-14-16-18-20-22-24-26-28-30-32-34-36-38-40-42-44-45-46-47-49-50-52-54-56-58-60-62-64-66-68-70-72-74-76-78-80-82-84-91(96)101-88-90(89-102-94(93(98)99)100-87-86-95(3,4)5)103-92(97)85-83-81-79-77-75-73-71-69-67-65-63-61-59-57-55-53-51-48-43-41-39-37-35-33-31-29-27-25-23-21-19-17-15-13-11-9-7-2/h19,21,24-27,90,94H,6-18,20,22-23,28-89H2,1-5H3/p+1/b21-19-,26-24-,27-25-. The molecule has 0 aromatic rings. The van der Waals surface area contributed by atoms with Crippen molar-refractivity contribution in [1.82, 2.24) is 0 Å². The summed E-state index contributed by atoms with van der Waals surface area (Å²) < 4.78 is 23.1. The molecule has 0 fully saturated rings. The fourth-order valence-electron chi connectivity index (χ4n) is 14.3. The molecule has 9 heteroatoms. The molecular formula is C94H180NO8+. The van der Waals surface area contributed by atoms with Crippen LogP contribution in [0, 0.1) is 0 Å². The number of carboxylic acid groups (broad SMARTS) is 1. The SMILES string of the molecule is CCCCCCC/C=C\C/C=C\CCCCCCCCCCCCCCCCCCCCCCCCCCCC(=O)OC(COC(=O)CCCCCCCCCCCCCCCCCCCCCCCCCCCCCCC/C=C\CCCCCCCCCC)COC(OCC[N+](C)(C)C)C(=O)O. The van der Waals surface area contributed by atoms with E-state index >= 15 is 0 Å². The lowest BCUT2D eigenvalue weighted by Gasteiger charge is -2.25. The summed E-state index contributed by atoms with van der Waals surface area (Å²) in [5.74, 6) is -1.96. The second kappa shape index (κ2) is 85.1. The molecule has 2 atom stereocenters. The summed E-state index contributed by atoms with van der Waals surface area (Å²) in [7, 11) is 6.01. The molecule has 0 aromatic heterocycles. The summed E-state index contributed by atoms with van der Waals surface area (Å²) in [6.45, 7) is 4.96. The Bertz CT molecular complexity index is 1790. The molecule has 2 unspecified atom stereocenters. The fourth-order valence-corrected chi connectivity index (χ4v) is 14.3. The smallest absolute Gasteiger partial charge is 0.361 e. The van der Waals surface area contributed by atoms with Gasteiger partial charge >= 0.3 is 17.9 Å². The fraction of sp³-hybridized carbons (Fsp3) is 0.904. The zero-order chi connectivity index (χ0) is 74.6. The number of allylic oxidation sites excluding steroid dienone is 6. The molecule has 0 amide bonds. The Balaban J connectivity index is 3.87. The summed E-state index contributed by atoms with van der Waals surface area (Å²) in [5, 5.41) is 9.80. The third-order valence-corrected chi connectivity index (χ3v) is 21.4. The number of likely N-dealkylation sites (N-methyl/N-ethyl adjacent to an activating group) is 1. The van der Waals surface area contributed by atoms with Gasteiger partial charge in [-0.3, -0.25) is 9.59 Å². The average molecular weight is 1450 g/mol. The number of unbranched alkanes of at least 4 members (excludes halogenated alkanes) is 67. The Hall–Kier alpha value is -2.49. The number of rotatable bonds is 88. The Kier molecular flexibility index (Phi) is 83.1. The summed E-state index contributed by atoms with van der Waals surface area (Å²) in [5.41, 5.74) is 0. The third-order valence-electron chi connectivity index (χ3n) is 21.4. The van der Waals surface area contributed by atoms with Crippen molar-refractivity contribution in [1.29, 1.82) is 0 Å². The van der Waals surface area contributed by atoms with Gasteiger partial charge < -0.3 is 28.5 Å². The maximum absolute atomic E-state index is 13.0. The largest absolute Gasteiger partial charge is 0.477 e. The lowest BCUT2D eigenvalue weighted by molar-refractivity contribution is -0.870. The first kappa shape index (κ1) is 101. The monoisotopic (exact) mass is 1450 g/mol. The van der Waals surface area contributed by atoms with Crippen LogP contribution in [0.4, 0.5) is 0 Å². The van der Waals surface area contributed by atoms with Crippen LogP contribution in [0.5, 0.6) is 0 Å². The van der Waals surface area contributed by atoms with Gasteiger partial charge in [0.25, 0.3) is 6.29 Å². The van der Waals surface area contributed by atoms with Crippen LogP contribution >= 0.6 is 0 Å². The summed E-state index contributed by atoms with van der Waals surface area (Å²) >= 11 is 0. The second-order valence-electron chi connectivity index (χ2n) is 33.0. The van der Waals surface area contributed by atoms with E-state index in [1.807, 2.05) is 21.1 Å². The first-order valence-corrected chi connectivity index (χ1v) is 46.2. The van der Waals surface area contributed by atoms with Crippen LogP contribution in [0.15, 0.2) is 36.5 Å². The van der Waals surface area contributed by atoms with Crippen molar-refractivity contribution in [2.24, 2.45) is 0 Å². The average Bonchev–Trinajstić information content (AvgIpc) is 1.16. The molecule has 0 spiro atoms. The molecule has 0 radical (unpaired) electrons. The molecule has 0 rings (SSSR count). The van der Waals surface area contributed by atoms with Crippen LogP contribution < -0.4 is 0 Å². The molecule has 0 aliphatic rings. The molecule has 0 heterocycles. The topological polar surface area (TPSA) is 108 Å². The van der Waals surface area contributed by atoms with Gasteiger partial charge in [0.05, 0.1) is 34.4 Å². The van der Waals surface area contributed by atoms with Crippen LogP contribution in [-0.2, 0) is 33.3 Å². The number of hydrogen-bond donors (Lipinski definition) is 1. The summed E-state index contributed by atoms with van der Waals surface area (Å²) in [6.07, 6.45) is 109. The number of quaternary nitrogens is 1. The number of nitrogens with zero attached hydrogens (tertiary/aromatic N) is 1. The molecule has 0 aromatic carbocycles. The second-order valence-corrected chi connectivity index (χ2v) is 33.0. The highest BCUT2D eigenvalue weighted by atomic mass is 16.7. The van der Waals surface area contributed by atoms with Gasteiger partial charge in [0.15, 0.2) is 6.10 Å². The molecule has 0 saturated heterocycles. The van der Waals surface area contributed by atoms with Gasteiger partial charge in [0.1, 0.15) is 13.2 Å². The van der Waals surface area contributed by atoms with Gasteiger partial charge in [0, 0.05) is 12.8 Å². The van der Waals surface area contributed by atoms with E-state index in [1.54, 1.807) is 0 Å². The van der Waals surface area contributed by atoms with Gasteiger partial charge in [0.2, 0.25) is 0 Å². The van der Waals surface area contributed by atoms with Crippen LogP contribution in [0.3, 0.4) is 0 Å². The van der Waals surface area contributed by atoms with Gasteiger partial charge in [-0.25, -0.2) is 4.79 Å². The van der Waals surface area contributed by atoms with Crippen LogP contribution in [0.2, 0.25) is 0 Å². The van der Waals surface area contributed by atoms with Gasteiger partial charge in [-0.05, 0) is 70.6 Å². The van der Waals surface area contributed by atoms with Gasteiger partial charge in [-0.2, -0.15) is 0 Å². The van der Waals surface area contributed by atoms with Gasteiger partial charge in [-0.15, -0.1) is 0 Å². The summed E-state index contributed by atoms with van der Waals surface area (Å²) in [4.78, 5) is 37.8. The van der Waals surface area contributed by atoms with E-state index in [2.05, 4.69) is 50.3 Å². The van der Waals surface area contributed by atoms with E-state index in [1.165, 1.54) is 417 Å². The van der Waals surface area contributed by atoms with E-state index < -0.39 is 18.4 Å². The molecular weight excluding hydrogens is 1270 g/mol. The Morgan fingerprint density at radius 2 is 0.524 bits per heavy atom. The Morgan fingerprint density at radius 3 is 0.777 bits per heavy atom. The van der Waals surface area contributed by atoms with Crippen LogP contribution in [0.1, 0.15) is 489 Å². The van der Waals surface area contributed by atoms with Crippen molar-refractivity contribution >= 4 is 17.9 Å². The van der Waals surface area contributed by atoms with E-state index in [-0.39, 0.29) is 38.2 Å². The molecule has 103 heavy (non-hydrogen) atoms. The van der Waals surface area contributed by atoms with Crippen molar-refractivity contribution in [2.75, 3.05) is 47.5 Å². The van der Waals surface area contributed by atoms with Crippen molar-refractivity contribution in [2.45, 2.75) is 501 Å². The third kappa shape index (κ3) is 86.6. The minimum atomic E-state index is -1.51.